The molecule has 0 unspecified atom stereocenters. The zero-order valence-electron chi connectivity index (χ0n) is 8.45. The molecule has 0 atom stereocenters. The highest BCUT2D eigenvalue weighted by atomic mass is 35.5. The van der Waals surface area contributed by atoms with Gasteiger partial charge in [-0.15, -0.1) is 11.8 Å². The van der Waals surface area contributed by atoms with E-state index in [1.54, 1.807) is 11.8 Å². The third-order valence-corrected chi connectivity index (χ3v) is 4.28. The second-order valence-electron chi connectivity index (χ2n) is 3.76. The van der Waals surface area contributed by atoms with E-state index in [1.807, 2.05) is 0 Å². The third kappa shape index (κ3) is 2.75. The molecule has 1 saturated carbocycles. The molecule has 1 aliphatic rings. The molecule has 0 aromatic carbocycles. The number of rotatable bonds is 2. The average molecular weight is 244 g/mol. The number of thioether (sulfide) groups is 1. The highest BCUT2D eigenvalue weighted by Gasteiger charge is 2.17. The summed E-state index contributed by atoms with van der Waals surface area (Å²) < 4.78 is 0. The smallest absolute Gasteiger partial charge is 0.156 e. The highest BCUT2D eigenvalue weighted by molar-refractivity contribution is 8.00. The molecular weight excluding hydrogens is 230 g/mol. The van der Waals surface area contributed by atoms with Crippen LogP contribution in [0.3, 0.4) is 0 Å². The van der Waals surface area contributed by atoms with E-state index < -0.39 is 0 Å². The summed E-state index contributed by atoms with van der Waals surface area (Å²) in [5.74, 6) is 0. The lowest BCUT2D eigenvalue weighted by atomic mass is 10.0. The van der Waals surface area contributed by atoms with Crippen molar-refractivity contribution in [1.29, 1.82) is 0 Å². The van der Waals surface area contributed by atoms with Crippen LogP contribution in [0.2, 0.25) is 5.15 Å². The van der Waals surface area contributed by atoms with E-state index in [0.717, 1.165) is 5.03 Å². The molecule has 82 valence electrons. The Morgan fingerprint density at radius 2 is 2.00 bits per heavy atom. The molecule has 1 aromatic heterocycles. The minimum absolute atomic E-state index is 0.364. The fourth-order valence-electron chi connectivity index (χ4n) is 1.79. The number of nitrogens with two attached hydrogens (primary N) is 1. The molecule has 0 aliphatic heterocycles. The molecule has 0 amide bonds. The van der Waals surface area contributed by atoms with Gasteiger partial charge in [-0.25, -0.2) is 9.97 Å². The topological polar surface area (TPSA) is 51.8 Å². The quantitative estimate of drug-likeness (QED) is 0.811. The van der Waals surface area contributed by atoms with Gasteiger partial charge in [0.25, 0.3) is 0 Å². The van der Waals surface area contributed by atoms with Crippen molar-refractivity contribution in [3.05, 3.63) is 11.5 Å². The van der Waals surface area contributed by atoms with Crippen molar-refractivity contribution >= 4 is 29.1 Å². The van der Waals surface area contributed by atoms with Gasteiger partial charge in [-0.3, -0.25) is 0 Å². The van der Waals surface area contributed by atoms with Crippen LogP contribution < -0.4 is 5.73 Å². The van der Waals surface area contributed by atoms with Gasteiger partial charge >= 0.3 is 0 Å². The van der Waals surface area contributed by atoms with E-state index in [9.17, 15) is 0 Å². The lowest BCUT2D eigenvalue weighted by molar-refractivity contribution is 0.516. The van der Waals surface area contributed by atoms with Gasteiger partial charge in [-0.2, -0.15) is 0 Å². The van der Waals surface area contributed by atoms with Crippen molar-refractivity contribution in [3.8, 4) is 0 Å². The van der Waals surface area contributed by atoms with Crippen LogP contribution in [0.1, 0.15) is 32.1 Å². The summed E-state index contributed by atoms with van der Waals surface area (Å²) in [5, 5.41) is 1.84. The Balaban J connectivity index is 2.06. The Morgan fingerprint density at radius 3 is 2.73 bits per heavy atom. The van der Waals surface area contributed by atoms with E-state index in [1.165, 1.54) is 38.4 Å². The molecular formula is C10H14ClN3S. The lowest BCUT2D eigenvalue weighted by Gasteiger charge is -2.20. The molecule has 2 rings (SSSR count). The van der Waals surface area contributed by atoms with Crippen molar-refractivity contribution in [2.24, 2.45) is 0 Å². The molecule has 15 heavy (non-hydrogen) atoms. The van der Waals surface area contributed by atoms with E-state index in [2.05, 4.69) is 9.97 Å². The standard InChI is InChI=1S/C10H14ClN3S/c11-9-8(12)10(14-6-13-9)15-7-4-2-1-3-5-7/h6-7H,1-5,12H2. The van der Waals surface area contributed by atoms with Crippen LogP contribution in [0.25, 0.3) is 0 Å². The Kier molecular flexibility index (Phi) is 3.70. The van der Waals surface area contributed by atoms with Gasteiger partial charge in [0, 0.05) is 5.25 Å². The van der Waals surface area contributed by atoms with Crippen molar-refractivity contribution < 1.29 is 0 Å². The first-order chi connectivity index (χ1) is 7.27. The van der Waals surface area contributed by atoms with E-state index in [-0.39, 0.29) is 0 Å². The molecule has 1 fully saturated rings. The van der Waals surface area contributed by atoms with Gasteiger partial charge in [-0.05, 0) is 12.8 Å². The maximum Gasteiger partial charge on any atom is 0.156 e. The molecule has 5 heteroatoms. The SMILES string of the molecule is Nc1c(Cl)ncnc1SC1CCCCC1. The molecule has 0 spiro atoms. The predicted octanol–water partition coefficient (Wildman–Crippen LogP) is 3.14. The number of anilines is 1. The van der Waals surface area contributed by atoms with Crippen LogP contribution in [0.5, 0.6) is 0 Å². The van der Waals surface area contributed by atoms with Gasteiger partial charge in [0.05, 0.1) is 0 Å². The summed E-state index contributed by atoms with van der Waals surface area (Å²) in [5.41, 5.74) is 6.34. The molecule has 2 N–H and O–H groups in total. The summed E-state index contributed by atoms with van der Waals surface area (Å²) in [6.45, 7) is 0. The van der Waals surface area contributed by atoms with E-state index >= 15 is 0 Å². The average Bonchev–Trinajstić information content (AvgIpc) is 2.26. The van der Waals surface area contributed by atoms with Crippen molar-refractivity contribution in [3.63, 3.8) is 0 Å². The van der Waals surface area contributed by atoms with Crippen molar-refractivity contribution in [2.75, 3.05) is 5.73 Å². The number of hydrogen-bond donors (Lipinski definition) is 1. The zero-order valence-corrected chi connectivity index (χ0v) is 10.0. The van der Waals surface area contributed by atoms with Gasteiger partial charge in [0.15, 0.2) is 5.15 Å². The van der Waals surface area contributed by atoms with E-state index in [0.29, 0.717) is 16.1 Å². The number of aromatic nitrogens is 2. The first-order valence-corrected chi connectivity index (χ1v) is 6.46. The molecule has 0 bridgehead atoms. The summed E-state index contributed by atoms with van der Waals surface area (Å²) >= 11 is 7.59. The molecule has 0 radical (unpaired) electrons. The largest absolute Gasteiger partial charge is 0.394 e. The number of nitrogens with zero attached hydrogens (tertiary/aromatic N) is 2. The lowest BCUT2D eigenvalue weighted by Crippen LogP contribution is -2.09. The zero-order chi connectivity index (χ0) is 10.7. The number of nitrogen functional groups attached to an aromatic ring is 1. The van der Waals surface area contributed by atoms with Gasteiger partial charge in [-0.1, -0.05) is 30.9 Å². The number of hydrogen-bond acceptors (Lipinski definition) is 4. The van der Waals surface area contributed by atoms with Crippen LogP contribution in [0.4, 0.5) is 5.69 Å². The second-order valence-corrected chi connectivity index (χ2v) is 5.41. The minimum Gasteiger partial charge on any atom is -0.394 e. The van der Waals surface area contributed by atoms with Crippen LogP contribution in [-0.4, -0.2) is 15.2 Å². The summed E-state index contributed by atoms with van der Waals surface area (Å²) in [6.07, 6.45) is 7.98. The summed E-state index contributed by atoms with van der Waals surface area (Å²) in [6, 6.07) is 0. The molecule has 1 aliphatic carbocycles. The monoisotopic (exact) mass is 243 g/mol. The fraction of sp³-hybridized carbons (Fsp3) is 0.600. The summed E-state index contributed by atoms with van der Waals surface area (Å²) in [7, 11) is 0. The molecule has 1 aromatic rings. The van der Waals surface area contributed by atoms with E-state index in [4.69, 9.17) is 17.3 Å². The Hall–Kier alpha value is -0.480. The maximum absolute atomic E-state index is 5.84. The van der Waals surface area contributed by atoms with Crippen molar-refractivity contribution in [2.45, 2.75) is 42.4 Å². The first kappa shape index (κ1) is 11.0. The van der Waals surface area contributed by atoms with Crippen LogP contribution in [0.15, 0.2) is 11.4 Å². The van der Waals surface area contributed by atoms with Crippen LogP contribution in [-0.2, 0) is 0 Å². The molecule has 1 heterocycles. The normalized spacial score (nSPS) is 17.9. The van der Waals surface area contributed by atoms with Gasteiger partial charge < -0.3 is 5.73 Å². The Morgan fingerprint density at radius 1 is 1.27 bits per heavy atom. The van der Waals surface area contributed by atoms with Crippen molar-refractivity contribution in [1.82, 2.24) is 9.97 Å². The highest BCUT2D eigenvalue weighted by Crippen LogP contribution is 2.36. The molecule has 3 nitrogen and oxygen atoms in total. The maximum atomic E-state index is 5.84. The molecule has 0 saturated heterocycles. The minimum atomic E-state index is 0.364. The van der Waals surface area contributed by atoms with Crippen LogP contribution in [0, 0.1) is 0 Å². The van der Waals surface area contributed by atoms with Crippen LogP contribution >= 0.6 is 23.4 Å². The Bertz CT molecular complexity index is 339. The third-order valence-electron chi connectivity index (χ3n) is 2.63. The summed E-state index contributed by atoms with van der Waals surface area (Å²) in [4.78, 5) is 8.02. The predicted molar refractivity (Wildman–Crippen MR) is 64.2 cm³/mol. The van der Waals surface area contributed by atoms with Gasteiger partial charge in [0.1, 0.15) is 17.0 Å². The fourth-order valence-corrected chi connectivity index (χ4v) is 3.20. The van der Waals surface area contributed by atoms with Gasteiger partial charge in [0.2, 0.25) is 0 Å². The Labute approximate surface area is 98.8 Å². The first-order valence-electron chi connectivity index (χ1n) is 5.20. The second kappa shape index (κ2) is 5.03. The number of halogens is 1.